The molecule has 0 aliphatic carbocycles. The van der Waals surface area contributed by atoms with Crippen LogP contribution in [0.3, 0.4) is 0 Å². The minimum atomic E-state index is -0.398. The SMILES string of the molecule is Bc1c(B)c(B)c(-c2c(F)cccc2OC)c(O)c1B. The van der Waals surface area contributed by atoms with E-state index in [-0.39, 0.29) is 5.75 Å². The van der Waals surface area contributed by atoms with Crippen LogP contribution in [0.4, 0.5) is 4.39 Å². The average molecular weight is 266 g/mol. The number of methoxy groups -OCH3 is 1. The van der Waals surface area contributed by atoms with Gasteiger partial charge in [0.15, 0.2) is 0 Å². The lowest BCUT2D eigenvalue weighted by Crippen LogP contribution is -2.48. The molecule has 98 valence electrons. The summed E-state index contributed by atoms with van der Waals surface area (Å²) in [6, 6.07) is 4.67. The fourth-order valence-corrected chi connectivity index (χ4v) is 2.52. The van der Waals surface area contributed by atoms with Gasteiger partial charge in [0.05, 0.1) is 12.7 Å². The van der Waals surface area contributed by atoms with Crippen molar-refractivity contribution in [3.8, 4) is 22.6 Å². The number of halogens is 1. The molecule has 1 N–H and O–H groups in total. The highest BCUT2D eigenvalue weighted by molar-refractivity contribution is 6.64. The molecule has 7 heteroatoms. The van der Waals surface area contributed by atoms with Crippen molar-refractivity contribution in [3.63, 3.8) is 0 Å². The Morgan fingerprint density at radius 1 is 0.950 bits per heavy atom. The van der Waals surface area contributed by atoms with Gasteiger partial charge in [-0.15, -0.1) is 5.46 Å². The van der Waals surface area contributed by atoms with Crippen LogP contribution in [0.2, 0.25) is 0 Å². The number of phenols is 1. The van der Waals surface area contributed by atoms with Crippen LogP contribution < -0.4 is 26.6 Å². The Kier molecular flexibility index (Phi) is 3.89. The maximum Gasteiger partial charge on any atom is 0.143 e. The van der Waals surface area contributed by atoms with Crippen molar-refractivity contribution in [3.05, 3.63) is 24.0 Å². The van der Waals surface area contributed by atoms with Gasteiger partial charge in [0.25, 0.3) is 0 Å². The first-order chi connectivity index (χ1) is 9.40. The summed E-state index contributed by atoms with van der Waals surface area (Å²) in [5.41, 5.74) is 4.55. The van der Waals surface area contributed by atoms with Gasteiger partial charge in [-0.1, -0.05) is 22.5 Å². The van der Waals surface area contributed by atoms with Crippen molar-refractivity contribution in [2.45, 2.75) is 0 Å². The van der Waals surface area contributed by atoms with Crippen LogP contribution in [-0.2, 0) is 0 Å². The molecule has 0 bridgehead atoms. The van der Waals surface area contributed by atoms with E-state index in [1.54, 1.807) is 12.1 Å². The molecule has 2 rings (SSSR count). The Morgan fingerprint density at radius 3 is 2.15 bits per heavy atom. The lowest BCUT2D eigenvalue weighted by Gasteiger charge is -2.20. The third kappa shape index (κ3) is 2.11. The van der Waals surface area contributed by atoms with Gasteiger partial charge >= 0.3 is 0 Å². The smallest absolute Gasteiger partial charge is 0.143 e. The summed E-state index contributed by atoms with van der Waals surface area (Å²) < 4.78 is 19.5. The fourth-order valence-electron chi connectivity index (χ4n) is 2.52. The van der Waals surface area contributed by atoms with Crippen LogP contribution >= 0.6 is 0 Å². The quantitative estimate of drug-likeness (QED) is 0.565. The van der Waals surface area contributed by atoms with Crippen LogP contribution in [0.25, 0.3) is 11.1 Å². The van der Waals surface area contributed by atoms with E-state index in [4.69, 9.17) is 4.74 Å². The van der Waals surface area contributed by atoms with E-state index in [0.29, 0.717) is 16.9 Å². The summed E-state index contributed by atoms with van der Waals surface area (Å²) in [5, 5.41) is 10.5. The molecular weight excluding hydrogens is 250 g/mol. The lowest BCUT2D eigenvalue weighted by atomic mass is 9.64. The predicted octanol–water partition coefficient (Wildman–Crippen LogP) is -3.76. The van der Waals surface area contributed by atoms with Gasteiger partial charge in [-0.25, -0.2) is 4.39 Å². The summed E-state index contributed by atoms with van der Waals surface area (Å²) in [5.74, 6) is 0.144. The summed E-state index contributed by atoms with van der Waals surface area (Å²) in [7, 11) is 9.17. The highest BCUT2D eigenvalue weighted by atomic mass is 19.1. The van der Waals surface area contributed by atoms with E-state index in [1.807, 2.05) is 31.4 Å². The first-order valence-corrected chi connectivity index (χ1v) is 6.52. The molecule has 20 heavy (non-hydrogen) atoms. The lowest BCUT2D eigenvalue weighted by molar-refractivity contribution is 0.412. The fraction of sp³-hybridized carbons (Fsp3) is 0.0769. The van der Waals surface area contributed by atoms with E-state index in [0.717, 1.165) is 21.9 Å². The molecule has 0 radical (unpaired) electrons. The van der Waals surface area contributed by atoms with Gasteiger partial charge in [0.2, 0.25) is 0 Å². The molecule has 0 atom stereocenters. The zero-order valence-electron chi connectivity index (χ0n) is 12.5. The third-order valence-electron chi connectivity index (χ3n) is 4.10. The predicted molar refractivity (Wildman–Crippen MR) is 92.8 cm³/mol. The minimum Gasteiger partial charge on any atom is -0.508 e. The summed E-state index contributed by atoms with van der Waals surface area (Å²) in [6.07, 6.45) is 0. The molecule has 2 nitrogen and oxygen atoms in total. The number of rotatable bonds is 2. The van der Waals surface area contributed by atoms with Crippen molar-refractivity contribution in [2.24, 2.45) is 0 Å². The second-order valence-corrected chi connectivity index (χ2v) is 5.04. The molecule has 2 aromatic rings. The second kappa shape index (κ2) is 5.31. The van der Waals surface area contributed by atoms with Gasteiger partial charge in [-0.2, -0.15) is 0 Å². The average Bonchev–Trinajstić information content (AvgIpc) is 2.44. The number of ether oxygens (including phenoxy) is 1. The maximum absolute atomic E-state index is 14.3. The highest BCUT2D eigenvalue weighted by Crippen LogP contribution is 2.34. The Bertz CT molecular complexity index is 660. The number of benzene rings is 2. The molecule has 0 unspecified atom stereocenters. The molecule has 0 aliphatic rings. The third-order valence-corrected chi connectivity index (χ3v) is 4.10. The summed E-state index contributed by atoms with van der Waals surface area (Å²) >= 11 is 0. The normalized spacial score (nSPS) is 10.5. The molecule has 0 fully saturated rings. The van der Waals surface area contributed by atoms with Crippen LogP contribution in [0.15, 0.2) is 18.2 Å². The van der Waals surface area contributed by atoms with Crippen molar-refractivity contribution >= 4 is 53.2 Å². The Morgan fingerprint density at radius 2 is 1.55 bits per heavy atom. The van der Waals surface area contributed by atoms with E-state index >= 15 is 0 Å². The number of hydrogen-bond acceptors (Lipinski definition) is 2. The van der Waals surface area contributed by atoms with E-state index in [2.05, 4.69) is 0 Å². The molecule has 0 saturated heterocycles. The van der Waals surface area contributed by atoms with Crippen molar-refractivity contribution < 1.29 is 14.2 Å². The van der Waals surface area contributed by atoms with Crippen molar-refractivity contribution in [1.29, 1.82) is 0 Å². The Hall–Kier alpha value is -1.77. The van der Waals surface area contributed by atoms with Crippen LogP contribution in [0.1, 0.15) is 0 Å². The molecule has 0 spiro atoms. The molecular formula is C13H15B4FO2. The second-order valence-electron chi connectivity index (χ2n) is 5.04. The minimum absolute atomic E-state index is 0.119. The van der Waals surface area contributed by atoms with E-state index < -0.39 is 5.82 Å². The molecule has 2 aromatic carbocycles. The molecule has 0 saturated carbocycles. The zero-order chi connectivity index (χ0) is 15.0. The van der Waals surface area contributed by atoms with Gasteiger partial charge in [-0.3, -0.25) is 0 Å². The molecule has 0 amide bonds. The largest absolute Gasteiger partial charge is 0.508 e. The zero-order valence-corrected chi connectivity index (χ0v) is 12.5. The number of phenolic OH excluding ortho intramolecular Hbond substituents is 1. The monoisotopic (exact) mass is 266 g/mol. The molecule has 0 heterocycles. The van der Waals surface area contributed by atoms with Crippen LogP contribution in [-0.4, -0.2) is 43.6 Å². The maximum atomic E-state index is 14.3. The summed E-state index contributed by atoms with van der Waals surface area (Å²) in [6.45, 7) is 0. The van der Waals surface area contributed by atoms with Gasteiger partial charge in [0.1, 0.15) is 48.7 Å². The van der Waals surface area contributed by atoms with E-state index in [1.165, 1.54) is 13.2 Å². The van der Waals surface area contributed by atoms with Crippen molar-refractivity contribution in [1.82, 2.24) is 0 Å². The summed E-state index contributed by atoms with van der Waals surface area (Å²) in [4.78, 5) is 0. The first-order valence-electron chi connectivity index (χ1n) is 6.52. The van der Waals surface area contributed by atoms with Gasteiger partial charge in [0, 0.05) is 5.56 Å². The van der Waals surface area contributed by atoms with Crippen molar-refractivity contribution in [2.75, 3.05) is 7.11 Å². The number of aromatic hydroxyl groups is 1. The van der Waals surface area contributed by atoms with Gasteiger partial charge in [-0.05, 0) is 12.1 Å². The standard InChI is InChI=1S/C13H15B4FO2/c1-20-6-4-2-3-5(18)7(6)8-9(14)10(15)11(16)12(17)13(8)19/h2-4,19H,14-17H2,1H3. The topological polar surface area (TPSA) is 29.5 Å². The van der Waals surface area contributed by atoms with E-state index in [9.17, 15) is 9.50 Å². The van der Waals surface area contributed by atoms with Crippen LogP contribution in [0.5, 0.6) is 11.5 Å². The Balaban J connectivity index is 2.91. The van der Waals surface area contributed by atoms with Gasteiger partial charge < -0.3 is 9.84 Å². The first kappa shape index (κ1) is 14.6. The number of hydrogen-bond donors (Lipinski definition) is 1. The molecule has 0 aromatic heterocycles. The van der Waals surface area contributed by atoms with Crippen LogP contribution in [0, 0.1) is 5.82 Å². The highest BCUT2D eigenvalue weighted by Gasteiger charge is 2.21. The molecule has 0 aliphatic heterocycles. The Labute approximate surface area is 122 Å².